The van der Waals surface area contributed by atoms with E-state index in [9.17, 15) is 9.90 Å². The third kappa shape index (κ3) is 9.17. The first-order chi connectivity index (χ1) is 17.1. The molecule has 0 aromatic carbocycles. The number of hydrogen-bond donors (Lipinski definition) is 1. The Morgan fingerprint density at radius 1 is 0.769 bits per heavy atom. The first-order valence-corrected chi connectivity index (χ1v) is 15.5. The van der Waals surface area contributed by atoms with Crippen LogP contribution in [0.1, 0.15) is 88.6 Å². The van der Waals surface area contributed by atoms with Crippen LogP contribution in [0.3, 0.4) is 0 Å². The highest BCUT2D eigenvalue weighted by molar-refractivity contribution is 8.06. The summed E-state index contributed by atoms with van der Waals surface area (Å²) in [7, 11) is 0. The van der Waals surface area contributed by atoms with Crippen molar-refractivity contribution in [2.75, 3.05) is 0 Å². The van der Waals surface area contributed by atoms with E-state index < -0.39 is 0 Å². The van der Waals surface area contributed by atoms with E-state index in [2.05, 4.69) is 95.2 Å². The Hall–Kier alpha value is -1.67. The van der Waals surface area contributed by atoms with E-state index in [-0.39, 0.29) is 37.3 Å². The number of allylic oxidation sites excluding steroid dienone is 8. The molecular weight excluding hydrogens is 545 g/mol. The molecule has 7 heteroatoms. The van der Waals surface area contributed by atoms with Crippen molar-refractivity contribution in [2.24, 2.45) is 10.8 Å². The topological polar surface area (TPSA) is 78.6 Å². The van der Waals surface area contributed by atoms with Crippen LogP contribution in [-0.2, 0) is 4.79 Å². The Morgan fingerprint density at radius 3 is 1.56 bits per heavy atom. The second-order valence-electron chi connectivity index (χ2n) is 13.9. The lowest BCUT2D eigenvalue weighted by Gasteiger charge is -2.32. The van der Waals surface area contributed by atoms with Crippen LogP contribution in [0, 0.1) is 10.8 Å². The van der Waals surface area contributed by atoms with Gasteiger partial charge in [-0.1, -0.05) is 94.8 Å². The van der Waals surface area contributed by atoms with E-state index in [4.69, 9.17) is 4.42 Å². The Bertz CT molecular complexity index is 1220. The summed E-state index contributed by atoms with van der Waals surface area (Å²) in [5.74, 6) is -0.0894. The SMILES string of the molecule is CC(C)(C)Sc1cc(C=C2C(=O)C(C=C3C=C(C(C)(C)C)SC(C(C)(C)C)=C3)=C2O)cc(SC(C)(C)C)[o+]1.[OH-]. The number of aliphatic hydroxyl groups is 1. The van der Waals surface area contributed by atoms with Crippen LogP contribution in [-0.4, -0.2) is 25.9 Å². The summed E-state index contributed by atoms with van der Waals surface area (Å²) < 4.78 is 6.12. The van der Waals surface area contributed by atoms with Crippen LogP contribution in [0.15, 0.2) is 77.3 Å². The van der Waals surface area contributed by atoms with Crippen molar-refractivity contribution < 1.29 is 19.8 Å². The van der Waals surface area contributed by atoms with E-state index in [0.717, 1.165) is 21.3 Å². The number of aliphatic hydroxyl groups excluding tert-OH is 1. The van der Waals surface area contributed by atoms with Crippen molar-refractivity contribution in [1.29, 1.82) is 0 Å². The van der Waals surface area contributed by atoms with Crippen molar-refractivity contribution in [2.45, 2.75) is 103 Å². The molecule has 0 saturated heterocycles. The molecule has 0 atom stereocenters. The third-order valence-electron chi connectivity index (χ3n) is 5.50. The molecule has 2 heterocycles. The first-order valence-electron chi connectivity index (χ1n) is 13.0. The number of hydrogen-bond acceptors (Lipinski definition) is 6. The number of rotatable bonds is 4. The predicted octanol–water partition coefficient (Wildman–Crippen LogP) is 10.5. The van der Waals surface area contributed by atoms with Gasteiger partial charge in [-0.25, -0.2) is 0 Å². The van der Waals surface area contributed by atoms with Crippen molar-refractivity contribution >= 4 is 47.1 Å². The lowest BCUT2D eigenvalue weighted by atomic mass is 9.84. The molecule has 1 aromatic rings. The number of thioether (sulfide) groups is 3. The molecule has 0 unspecified atom stereocenters. The van der Waals surface area contributed by atoms with Crippen LogP contribution >= 0.6 is 35.3 Å². The fourth-order valence-corrected chi connectivity index (χ4v) is 6.80. The van der Waals surface area contributed by atoms with Gasteiger partial charge in [0.1, 0.15) is 5.76 Å². The highest BCUT2D eigenvalue weighted by atomic mass is 32.2. The van der Waals surface area contributed by atoms with Crippen molar-refractivity contribution in [3.63, 3.8) is 0 Å². The van der Waals surface area contributed by atoms with Gasteiger partial charge in [-0.2, -0.15) is 4.42 Å². The molecule has 39 heavy (non-hydrogen) atoms. The van der Waals surface area contributed by atoms with Crippen molar-refractivity contribution in [1.82, 2.24) is 0 Å². The van der Waals surface area contributed by atoms with Crippen molar-refractivity contribution in [3.05, 3.63) is 68.2 Å². The molecule has 0 amide bonds. The fraction of sp³-hybridized carbons (Fsp3) is 0.500. The molecule has 0 spiro atoms. The second-order valence-corrected chi connectivity index (χ2v) is 18.6. The molecule has 1 aliphatic carbocycles. The first kappa shape index (κ1) is 33.5. The van der Waals surface area contributed by atoms with Crippen LogP contribution < -0.4 is 0 Å². The average molecular weight is 589 g/mol. The molecule has 0 fully saturated rings. The van der Waals surface area contributed by atoms with E-state index in [0.29, 0.717) is 11.1 Å². The minimum Gasteiger partial charge on any atom is -0.870 e. The standard InChI is InChI=1S/C32H42O3S3.H2O/c1-29(2,3)23-15-19(16-24(36-23)30(4,5)6)13-21-27(33)22(28(21)34)14-20-17-25(37-31(7,8)9)35-26(18-20)38-32(10,11)12;/h13-18H,1-12H3;1H2. The highest BCUT2D eigenvalue weighted by Gasteiger charge is 2.34. The second kappa shape index (κ2) is 11.7. The molecule has 214 valence electrons. The molecule has 1 aromatic heterocycles. The number of Topliss-reactive ketones (excluding diaryl/α,β-unsaturated/α-hetero) is 1. The molecule has 0 bridgehead atoms. The Labute approximate surface area is 247 Å². The van der Waals surface area contributed by atoms with Gasteiger partial charge < -0.3 is 10.6 Å². The minimum atomic E-state index is -0.138. The molecule has 0 saturated carbocycles. The van der Waals surface area contributed by atoms with E-state index in [1.807, 2.05) is 30.0 Å². The van der Waals surface area contributed by atoms with Gasteiger partial charge in [0.2, 0.25) is 5.78 Å². The number of ketones is 1. The monoisotopic (exact) mass is 588 g/mol. The summed E-state index contributed by atoms with van der Waals surface area (Å²) in [4.78, 5) is 15.7. The molecule has 4 nitrogen and oxygen atoms in total. The Kier molecular flexibility index (Phi) is 10.0. The maximum absolute atomic E-state index is 13.2. The zero-order valence-electron chi connectivity index (χ0n) is 25.4. The van der Waals surface area contributed by atoms with E-state index >= 15 is 0 Å². The zero-order chi connectivity index (χ0) is 28.8. The molecule has 2 aliphatic rings. The summed E-state index contributed by atoms with van der Waals surface area (Å²) in [6, 6.07) is 3.89. The Balaban J connectivity index is 0.00000533. The Morgan fingerprint density at radius 2 is 1.21 bits per heavy atom. The largest absolute Gasteiger partial charge is 0.870 e. The normalized spacial score (nSPS) is 18.0. The third-order valence-corrected chi connectivity index (χ3v) is 9.43. The summed E-state index contributed by atoms with van der Waals surface area (Å²) in [5, 5.41) is 12.5. The van der Waals surface area contributed by atoms with Crippen LogP contribution in [0.2, 0.25) is 0 Å². The van der Waals surface area contributed by atoms with Crippen LogP contribution in [0.25, 0.3) is 6.08 Å². The van der Waals surface area contributed by atoms with E-state index in [1.54, 1.807) is 29.6 Å². The van der Waals surface area contributed by atoms with Gasteiger partial charge in [0.05, 0.1) is 23.3 Å². The van der Waals surface area contributed by atoms with Gasteiger partial charge in [0.15, 0.2) is 0 Å². The van der Waals surface area contributed by atoms with Gasteiger partial charge >= 0.3 is 10.2 Å². The quantitative estimate of drug-likeness (QED) is 0.213. The highest BCUT2D eigenvalue weighted by Crippen LogP contribution is 2.49. The molecule has 2 N–H and O–H groups in total. The summed E-state index contributed by atoms with van der Waals surface area (Å²) in [6.45, 7) is 26.0. The number of carbonyl (C=O) groups excluding carboxylic acids is 1. The lowest BCUT2D eigenvalue weighted by molar-refractivity contribution is -0.113. The van der Waals surface area contributed by atoms with Gasteiger partial charge in [-0.3, -0.25) is 4.79 Å². The molecule has 3 rings (SSSR count). The van der Waals surface area contributed by atoms with Gasteiger partial charge in [0.25, 0.3) is 0 Å². The van der Waals surface area contributed by atoms with Gasteiger partial charge in [-0.15, -0.1) is 0 Å². The molecule has 0 radical (unpaired) electrons. The molecular formula is C32H44O4S3. The fourth-order valence-electron chi connectivity index (χ4n) is 3.65. The summed E-state index contributed by atoms with van der Waals surface area (Å²) in [6.07, 6.45) is 7.88. The summed E-state index contributed by atoms with van der Waals surface area (Å²) in [5.41, 5.74) is 2.47. The average Bonchev–Trinajstić information content (AvgIpc) is 2.71. The van der Waals surface area contributed by atoms with Gasteiger partial charge in [-0.05, 0) is 79.6 Å². The van der Waals surface area contributed by atoms with Crippen LogP contribution in [0.4, 0.5) is 0 Å². The maximum atomic E-state index is 13.2. The van der Waals surface area contributed by atoms with Gasteiger partial charge in [0, 0.05) is 9.49 Å². The predicted molar refractivity (Wildman–Crippen MR) is 170 cm³/mol. The van der Waals surface area contributed by atoms with Crippen molar-refractivity contribution in [3.8, 4) is 0 Å². The smallest absolute Gasteiger partial charge is 0.389 e. The lowest BCUT2D eigenvalue weighted by Crippen LogP contribution is -2.21. The van der Waals surface area contributed by atoms with E-state index in [1.165, 1.54) is 9.81 Å². The zero-order valence-corrected chi connectivity index (χ0v) is 27.8. The summed E-state index contributed by atoms with van der Waals surface area (Å²) >= 11 is 5.10. The number of carbonyl (C=O) groups is 1. The maximum Gasteiger partial charge on any atom is 0.389 e. The minimum absolute atomic E-state index is 0. The van der Waals surface area contributed by atoms with Crippen LogP contribution in [0.5, 0.6) is 0 Å². The molecule has 1 aliphatic heterocycles.